The molecule has 0 saturated heterocycles. The third kappa shape index (κ3) is 3.94. The number of nitro groups is 2. The average molecular weight is 369 g/mol. The summed E-state index contributed by atoms with van der Waals surface area (Å²) >= 11 is 0. The van der Waals surface area contributed by atoms with E-state index in [-0.39, 0.29) is 17.2 Å². The molecule has 1 aliphatic rings. The van der Waals surface area contributed by atoms with Gasteiger partial charge in [-0.05, 0) is 38.2 Å². The highest BCUT2D eigenvalue weighted by Crippen LogP contribution is 2.41. The first-order valence-electron chi connectivity index (χ1n) is 8.58. The zero-order chi connectivity index (χ0) is 19.7. The van der Waals surface area contributed by atoms with Crippen LogP contribution < -0.4 is 5.32 Å². The molecule has 0 bridgehead atoms. The first kappa shape index (κ1) is 18.5. The van der Waals surface area contributed by atoms with E-state index in [2.05, 4.69) is 5.32 Å². The molecule has 140 valence electrons. The summed E-state index contributed by atoms with van der Waals surface area (Å²) in [6.45, 7) is 3.40. The van der Waals surface area contributed by atoms with Gasteiger partial charge < -0.3 is 5.32 Å². The van der Waals surface area contributed by atoms with Crippen molar-refractivity contribution >= 4 is 17.3 Å². The van der Waals surface area contributed by atoms with Crippen LogP contribution in [-0.2, 0) is 0 Å². The average Bonchev–Trinajstić information content (AvgIpc) is 3.45. The highest BCUT2D eigenvalue weighted by atomic mass is 16.6. The second-order valence-corrected chi connectivity index (χ2v) is 6.85. The fourth-order valence-corrected chi connectivity index (χ4v) is 3.11. The number of amides is 1. The van der Waals surface area contributed by atoms with Gasteiger partial charge in [0.1, 0.15) is 0 Å². The Morgan fingerprint density at radius 3 is 2.22 bits per heavy atom. The number of nitro benzene ring substituents is 2. The molecule has 0 aliphatic heterocycles. The number of carbonyl (C=O) groups excluding carboxylic acids is 1. The predicted molar refractivity (Wildman–Crippen MR) is 98.6 cm³/mol. The monoisotopic (exact) mass is 369 g/mol. The molecule has 1 unspecified atom stereocenters. The van der Waals surface area contributed by atoms with E-state index >= 15 is 0 Å². The maximum absolute atomic E-state index is 12.8. The van der Waals surface area contributed by atoms with Gasteiger partial charge in [0.25, 0.3) is 17.3 Å². The smallest absolute Gasteiger partial charge is 0.279 e. The van der Waals surface area contributed by atoms with Crippen molar-refractivity contribution in [3.05, 3.63) is 78.9 Å². The lowest BCUT2D eigenvalue weighted by Gasteiger charge is -2.19. The van der Waals surface area contributed by atoms with Crippen LogP contribution in [0, 0.1) is 40.0 Å². The molecular weight excluding hydrogens is 350 g/mol. The van der Waals surface area contributed by atoms with Crippen molar-refractivity contribution in [1.82, 2.24) is 5.32 Å². The SMILES string of the molecule is Cc1ccc(C(NC(=O)c2cc([N+](=O)[O-])cc([N+](=O)[O-])c2C)C2CC2)cc1. The van der Waals surface area contributed by atoms with Crippen LogP contribution in [0.4, 0.5) is 11.4 Å². The fraction of sp³-hybridized carbons (Fsp3) is 0.316. The second-order valence-electron chi connectivity index (χ2n) is 6.85. The van der Waals surface area contributed by atoms with Crippen molar-refractivity contribution in [2.45, 2.75) is 32.7 Å². The molecule has 1 saturated carbocycles. The van der Waals surface area contributed by atoms with Crippen molar-refractivity contribution in [1.29, 1.82) is 0 Å². The number of hydrogen-bond donors (Lipinski definition) is 1. The maximum Gasteiger partial charge on any atom is 0.279 e. The molecule has 0 aromatic heterocycles. The molecule has 0 heterocycles. The Morgan fingerprint density at radius 2 is 1.70 bits per heavy atom. The molecule has 0 spiro atoms. The molecule has 27 heavy (non-hydrogen) atoms. The van der Waals surface area contributed by atoms with Crippen LogP contribution in [0.15, 0.2) is 36.4 Å². The Balaban J connectivity index is 1.95. The first-order valence-corrected chi connectivity index (χ1v) is 8.58. The molecule has 2 aromatic carbocycles. The maximum atomic E-state index is 12.8. The molecule has 3 rings (SSSR count). The fourth-order valence-electron chi connectivity index (χ4n) is 3.11. The highest BCUT2D eigenvalue weighted by Gasteiger charge is 2.34. The quantitative estimate of drug-likeness (QED) is 0.610. The van der Waals surface area contributed by atoms with Crippen LogP contribution >= 0.6 is 0 Å². The van der Waals surface area contributed by atoms with Gasteiger partial charge in [0.15, 0.2) is 0 Å². The van der Waals surface area contributed by atoms with Crippen molar-refractivity contribution in [3.63, 3.8) is 0 Å². The summed E-state index contributed by atoms with van der Waals surface area (Å²) < 4.78 is 0. The summed E-state index contributed by atoms with van der Waals surface area (Å²) in [6.07, 6.45) is 1.96. The van der Waals surface area contributed by atoms with E-state index < -0.39 is 27.1 Å². The molecule has 1 fully saturated rings. The number of nitrogens with one attached hydrogen (secondary N) is 1. The van der Waals surface area contributed by atoms with Crippen LogP contribution in [0.5, 0.6) is 0 Å². The molecule has 1 atom stereocenters. The zero-order valence-electron chi connectivity index (χ0n) is 15.0. The van der Waals surface area contributed by atoms with E-state index in [4.69, 9.17) is 0 Å². The highest BCUT2D eigenvalue weighted by molar-refractivity contribution is 5.97. The molecule has 2 aromatic rings. The Bertz CT molecular complexity index is 920. The van der Waals surface area contributed by atoms with E-state index in [9.17, 15) is 25.0 Å². The van der Waals surface area contributed by atoms with Gasteiger partial charge in [0, 0.05) is 11.6 Å². The summed E-state index contributed by atoms with van der Waals surface area (Å²) in [5, 5.41) is 25.2. The standard InChI is InChI=1S/C19H19N3O5/c1-11-3-5-13(6-4-11)18(14-7-8-14)20-19(23)16-9-15(21(24)25)10-17(12(16)2)22(26)27/h3-6,9-10,14,18H,7-8H2,1-2H3,(H,20,23). The topological polar surface area (TPSA) is 115 Å². The largest absolute Gasteiger partial charge is 0.345 e. The summed E-state index contributed by atoms with van der Waals surface area (Å²) in [5.41, 5.74) is 1.21. The van der Waals surface area contributed by atoms with Crippen LogP contribution in [0.3, 0.4) is 0 Å². The molecule has 1 amide bonds. The summed E-state index contributed by atoms with van der Waals surface area (Å²) in [5.74, 6) is -0.248. The number of hydrogen-bond acceptors (Lipinski definition) is 5. The Morgan fingerprint density at radius 1 is 1.07 bits per heavy atom. The van der Waals surface area contributed by atoms with Gasteiger partial charge in [0.05, 0.1) is 27.5 Å². The van der Waals surface area contributed by atoms with E-state index in [1.165, 1.54) is 6.92 Å². The van der Waals surface area contributed by atoms with Crippen molar-refractivity contribution in [2.24, 2.45) is 5.92 Å². The van der Waals surface area contributed by atoms with Gasteiger partial charge >= 0.3 is 0 Å². The van der Waals surface area contributed by atoms with E-state index in [0.29, 0.717) is 5.92 Å². The Kier molecular flexibility index (Phi) is 4.89. The van der Waals surface area contributed by atoms with Gasteiger partial charge in [-0.3, -0.25) is 25.0 Å². The van der Waals surface area contributed by atoms with Crippen molar-refractivity contribution in [3.8, 4) is 0 Å². The van der Waals surface area contributed by atoms with Gasteiger partial charge in [-0.15, -0.1) is 0 Å². The Hall–Kier alpha value is -3.29. The minimum Gasteiger partial charge on any atom is -0.345 e. The second kappa shape index (κ2) is 7.14. The van der Waals surface area contributed by atoms with Gasteiger partial charge in [-0.1, -0.05) is 29.8 Å². The predicted octanol–water partition coefficient (Wildman–Crippen LogP) is 4.00. The molecule has 8 nitrogen and oxygen atoms in total. The molecule has 0 radical (unpaired) electrons. The molecule has 1 aliphatic carbocycles. The third-order valence-electron chi connectivity index (χ3n) is 4.83. The van der Waals surface area contributed by atoms with Gasteiger partial charge in [-0.2, -0.15) is 0 Å². The summed E-state index contributed by atoms with van der Waals surface area (Å²) in [6, 6.07) is 9.56. The van der Waals surface area contributed by atoms with Crippen LogP contribution in [0.1, 0.15) is 45.9 Å². The first-order chi connectivity index (χ1) is 12.8. The van der Waals surface area contributed by atoms with Crippen LogP contribution in [0.25, 0.3) is 0 Å². The number of carbonyl (C=O) groups is 1. The molecular formula is C19H19N3O5. The number of nitrogens with zero attached hydrogens (tertiary/aromatic N) is 2. The number of benzene rings is 2. The number of aryl methyl sites for hydroxylation is 1. The third-order valence-corrected chi connectivity index (χ3v) is 4.83. The Labute approximate surface area is 155 Å². The summed E-state index contributed by atoms with van der Waals surface area (Å²) in [7, 11) is 0. The van der Waals surface area contributed by atoms with E-state index in [1.54, 1.807) is 0 Å². The van der Waals surface area contributed by atoms with Crippen LogP contribution in [0.2, 0.25) is 0 Å². The van der Waals surface area contributed by atoms with Crippen molar-refractivity contribution in [2.75, 3.05) is 0 Å². The number of rotatable bonds is 6. The molecule has 1 N–H and O–H groups in total. The lowest BCUT2D eigenvalue weighted by Crippen LogP contribution is -2.30. The van der Waals surface area contributed by atoms with Gasteiger partial charge in [0.2, 0.25) is 0 Å². The van der Waals surface area contributed by atoms with E-state index in [1.807, 2.05) is 31.2 Å². The van der Waals surface area contributed by atoms with Crippen LogP contribution in [-0.4, -0.2) is 15.8 Å². The minimum atomic E-state index is -0.735. The van der Waals surface area contributed by atoms with Crippen molar-refractivity contribution < 1.29 is 14.6 Å². The molecule has 8 heteroatoms. The minimum absolute atomic E-state index is 0.0475. The van der Waals surface area contributed by atoms with Gasteiger partial charge in [-0.25, -0.2) is 0 Å². The van der Waals surface area contributed by atoms with E-state index in [0.717, 1.165) is 36.1 Å². The lowest BCUT2D eigenvalue weighted by atomic mass is 9.99. The normalized spacial score (nSPS) is 14.4. The number of non-ortho nitro benzene ring substituents is 1. The summed E-state index contributed by atoms with van der Waals surface area (Å²) in [4.78, 5) is 33.7. The lowest BCUT2D eigenvalue weighted by molar-refractivity contribution is -0.394. The zero-order valence-corrected chi connectivity index (χ0v) is 15.0.